The minimum atomic E-state index is 0.500. The number of imidazole rings is 1. The van der Waals surface area contributed by atoms with Gasteiger partial charge in [-0.2, -0.15) is 4.98 Å². The molecule has 15 heavy (non-hydrogen) atoms. The fraction of sp³-hybridized carbons (Fsp3) is 0.364. The first-order valence-corrected chi connectivity index (χ1v) is 5.05. The highest BCUT2D eigenvalue weighted by molar-refractivity contribution is 5.80. The van der Waals surface area contributed by atoms with E-state index in [1.807, 2.05) is 36.7 Å². The molecule has 80 valence electrons. The van der Waals surface area contributed by atoms with E-state index in [1.165, 1.54) is 0 Å². The Morgan fingerprint density at radius 3 is 2.93 bits per heavy atom. The molecular formula is C11H15N3O. The second-order valence-corrected chi connectivity index (χ2v) is 3.38. The molecule has 0 saturated heterocycles. The summed E-state index contributed by atoms with van der Waals surface area (Å²) in [5.41, 5.74) is 8.70. The minimum absolute atomic E-state index is 0.500. The second-order valence-electron chi connectivity index (χ2n) is 3.38. The standard InChI is InChI=1S/C11H15N3O/c1-3-15-11-13-10-8(7-12)5-4-6-9(10)14(11)2/h4-6H,3,7,12H2,1-2H3. The van der Waals surface area contributed by atoms with Crippen molar-refractivity contribution in [3.8, 4) is 6.01 Å². The zero-order valence-electron chi connectivity index (χ0n) is 9.03. The number of nitrogens with two attached hydrogens (primary N) is 1. The molecule has 1 aromatic carbocycles. The van der Waals surface area contributed by atoms with Crippen LogP contribution in [-0.4, -0.2) is 16.2 Å². The van der Waals surface area contributed by atoms with E-state index in [-0.39, 0.29) is 0 Å². The average Bonchev–Trinajstić information content (AvgIpc) is 2.57. The Bertz CT molecular complexity index is 476. The van der Waals surface area contributed by atoms with Crippen molar-refractivity contribution in [2.45, 2.75) is 13.5 Å². The maximum atomic E-state index is 5.66. The van der Waals surface area contributed by atoms with E-state index in [0.29, 0.717) is 19.2 Å². The van der Waals surface area contributed by atoms with Crippen molar-refractivity contribution in [1.29, 1.82) is 0 Å². The lowest BCUT2D eigenvalue weighted by atomic mass is 10.2. The molecule has 2 aromatic rings. The SMILES string of the molecule is CCOc1nc2c(CN)cccc2n1C. The molecule has 2 N–H and O–H groups in total. The third kappa shape index (κ3) is 1.57. The summed E-state index contributed by atoms with van der Waals surface area (Å²) in [6.45, 7) is 3.07. The van der Waals surface area contributed by atoms with Gasteiger partial charge in [0.15, 0.2) is 0 Å². The van der Waals surface area contributed by atoms with E-state index >= 15 is 0 Å². The summed E-state index contributed by atoms with van der Waals surface area (Å²) >= 11 is 0. The van der Waals surface area contributed by atoms with Crippen molar-refractivity contribution in [2.24, 2.45) is 12.8 Å². The molecule has 0 aliphatic heterocycles. The highest BCUT2D eigenvalue weighted by Gasteiger charge is 2.10. The van der Waals surface area contributed by atoms with E-state index < -0.39 is 0 Å². The molecule has 0 amide bonds. The van der Waals surface area contributed by atoms with Crippen LogP contribution < -0.4 is 10.5 Å². The van der Waals surface area contributed by atoms with Crippen molar-refractivity contribution < 1.29 is 4.74 Å². The quantitative estimate of drug-likeness (QED) is 0.824. The van der Waals surface area contributed by atoms with Crippen molar-refractivity contribution in [3.05, 3.63) is 23.8 Å². The summed E-state index contributed by atoms with van der Waals surface area (Å²) in [7, 11) is 1.95. The van der Waals surface area contributed by atoms with Gasteiger partial charge >= 0.3 is 0 Å². The van der Waals surface area contributed by atoms with E-state index in [9.17, 15) is 0 Å². The number of aromatic nitrogens is 2. The maximum Gasteiger partial charge on any atom is 0.297 e. The summed E-state index contributed by atoms with van der Waals surface area (Å²) in [6.07, 6.45) is 0. The number of benzene rings is 1. The van der Waals surface area contributed by atoms with Crippen LogP contribution in [-0.2, 0) is 13.6 Å². The van der Waals surface area contributed by atoms with Crippen LogP contribution in [0.4, 0.5) is 0 Å². The molecule has 0 saturated carbocycles. The number of aryl methyl sites for hydroxylation is 1. The van der Waals surface area contributed by atoms with Crippen LogP contribution in [0.15, 0.2) is 18.2 Å². The van der Waals surface area contributed by atoms with Gasteiger partial charge in [0.1, 0.15) is 0 Å². The molecule has 4 nitrogen and oxygen atoms in total. The van der Waals surface area contributed by atoms with Crippen molar-refractivity contribution >= 4 is 11.0 Å². The number of hydrogen-bond donors (Lipinski definition) is 1. The molecule has 1 aromatic heterocycles. The Balaban J connectivity index is 2.64. The van der Waals surface area contributed by atoms with Crippen LogP contribution in [0, 0.1) is 0 Å². The van der Waals surface area contributed by atoms with Crippen LogP contribution in [0.1, 0.15) is 12.5 Å². The van der Waals surface area contributed by atoms with Crippen LogP contribution in [0.25, 0.3) is 11.0 Å². The van der Waals surface area contributed by atoms with Crippen LogP contribution in [0.5, 0.6) is 6.01 Å². The average molecular weight is 205 g/mol. The van der Waals surface area contributed by atoms with Gasteiger partial charge in [0.05, 0.1) is 17.6 Å². The van der Waals surface area contributed by atoms with Gasteiger partial charge in [-0.1, -0.05) is 12.1 Å². The molecule has 1 heterocycles. The van der Waals surface area contributed by atoms with Gasteiger partial charge in [0.2, 0.25) is 0 Å². The fourth-order valence-electron chi connectivity index (χ4n) is 1.67. The van der Waals surface area contributed by atoms with Gasteiger partial charge in [0.25, 0.3) is 6.01 Å². The van der Waals surface area contributed by atoms with Crippen LogP contribution >= 0.6 is 0 Å². The second kappa shape index (κ2) is 3.90. The molecule has 0 fully saturated rings. The highest BCUT2D eigenvalue weighted by Crippen LogP contribution is 2.22. The maximum absolute atomic E-state index is 5.66. The van der Waals surface area contributed by atoms with Crippen LogP contribution in [0.2, 0.25) is 0 Å². The van der Waals surface area contributed by atoms with Gasteiger partial charge in [-0.15, -0.1) is 0 Å². The van der Waals surface area contributed by atoms with Gasteiger partial charge < -0.3 is 10.5 Å². The zero-order valence-corrected chi connectivity index (χ0v) is 9.03. The molecule has 0 atom stereocenters. The van der Waals surface area contributed by atoms with Gasteiger partial charge in [0, 0.05) is 13.6 Å². The number of rotatable bonds is 3. The van der Waals surface area contributed by atoms with Crippen molar-refractivity contribution in [3.63, 3.8) is 0 Å². The van der Waals surface area contributed by atoms with E-state index in [1.54, 1.807) is 0 Å². The molecule has 0 bridgehead atoms. The lowest BCUT2D eigenvalue weighted by Gasteiger charge is -2.01. The van der Waals surface area contributed by atoms with E-state index in [2.05, 4.69) is 4.98 Å². The Morgan fingerprint density at radius 1 is 1.47 bits per heavy atom. The number of ether oxygens (including phenoxy) is 1. The van der Waals surface area contributed by atoms with E-state index in [4.69, 9.17) is 10.5 Å². The third-order valence-corrected chi connectivity index (χ3v) is 2.45. The number of para-hydroxylation sites is 1. The minimum Gasteiger partial charge on any atom is -0.465 e. The molecule has 0 unspecified atom stereocenters. The summed E-state index contributed by atoms with van der Waals surface area (Å²) in [4.78, 5) is 4.43. The Morgan fingerprint density at radius 2 is 2.27 bits per heavy atom. The smallest absolute Gasteiger partial charge is 0.297 e. The topological polar surface area (TPSA) is 53.1 Å². The van der Waals surface area contributed by atoms with Crippen LogP contribution in [0.3, 0.4) is 0 Å². The lowest BCUT2D eigenvalue weighted by Crippen LogP contribution is -1.98. The predicted octanol–water partition coefficient (Wildman–Crippen LogP) is 1.43. The van der Waals surface area contributed by atoms with Gasteiger partial charge in [-0.3, -0.25) is 4.57 Å². The number of nitrogens with zero attached hydrogens (tertiary/aromatic N) is 2. The normalized spacial score (nSPS) is 10.9. The summed E-state index contributed by atoms with van der Waals surface area (Å²) in [6, 6.07) is 6.64. The first-order chi connectivity index (χ1) is 7.27. The number of fused-ring (bicyclic) bond motifs is 1. The first kappa shape index (κ1) is 9.98. The summed E-state index contributed by atoms with van der Waals surface area (Å²) < 4.78 is 7.37. The lowest BCUT2D eigenvalue weighted by molar-refractivity contribution is 0.304. The van der Waals surface area contributed by atoms with Crippen molar-refractivity contribution in [2.75, 3.05) is 6.61 Å². The molecular weight excluding hydrogens is 190 g/mol. The van der Waals surface area contributed by atoms with Gasteiger partial charge in [-0.25, -0.2) is 0 Å². The molecule has 0 spiro atoms. The molecule has 0 radical (unpaired) electrons. The third-order valence-electron chi connectivity index (χ3n) is 2.45. The van der Waals surface area contributed by atoms with E-state index in [0.717, 1.165) is 16.6 Å². The van der Waals surface area contributed by atoms with Gasteiger partial charge in [-0.05, 0) is 18.6 Å². The highest BCUT2D eigenvalue weighted by atomic mass is 16.5. The molecule has 0 aliphatic rings. The first-order valence-electron chi connectivity index (χ1n) is 5.05. The zero-order chi connectivity index (χ0) is 10.8. The molecule has 0 aliphatic carbocycles. The monoisotopic (exact) mass is 205 g/mol. The Labute approximate surface area is 88.7 Å². The summed E-state index contributed by atoms with van der Waals surface area (Å²) in [5.74, 6) is 0. The number of hydrogen-bond acceptors (Lipinski definition) is 3. The largest absolute Gasteiger partial charge is 0.465 e. The van der Waals surface area contributed by atoms with Crippen molar-refractivity contribution in [1.82, 2.24) is 9.55 Å². The fourth-order valence-corrected chi connectivity index (χ4v) is 1.67. The summed E-state index contributed by atoms with van der Waals surface area (Å²) in [5, 5.41) is 0. The molecule has 4 heteroatoms. The molecule has 2 rings (SSSR count). The Hall–Kier alpha value is -1.55. The Kier molecular flexibility index (Phi) is 2.60. The predicted molar refractivity (Wildman–Crippen MR) is 59.8 cm³/mol.